The lowest BCUT2D eigenvalue weighted by atomic mass is 10.1. The number of benzene rings is 1. The van der Waals surface area contributed by atoms with Crippen LogP contribution in [-0.4, -0.2) is 11.2 Å². The number of fused-ring (bicyclic) bond motifs is 3. The third-order valence-corrected chi connectivity index (χ3v) is 2.75. The fourth-order valence-corrected chi connectivity index (χ4v) is 2.04. The summed E-state index contributed by atoms with van der Waals surface area (Å²) >= 11 is 0. The highest BCUT2D eigenvalue weighted by Gasteiger charge is 2.12. The molecule has 1 aliphatic heterocycles. The van der Waals surface area contributed by atoms with Crippen molar-refractivity contribution in [1.82, 2.24) is 4.98 Å². The predicted molar refractivity (Wildman–Crippen MR) is 59.5 cm³/mol. The third-order valence-electron chi connectivity index (χ3n) is 2.75. The molecule has 0 saturated carbocycles. The third kappa shape index (κ3) is 1.00. The van der Waals surface area contributed by atoms with Crippen LogP contribution in [0, 0.1) is 6.92 Å². The average Bonchev–Trinajstić information content (AvgIpc) is 2.56. The minimum absolute atomic E-state index is 1.05. The van der Waals surface area contributed by atoms with E-state index in [9.17, 15) is 0 Å². The van der Waals surface area contributed by atoms with Gasteiger partial charge in [-0.2, -0.15) is 0 Å². The first-order valence-electron chi connectivity index (χ1n) is 4.98. The van der Waals surface area contributed by atoms with E-state index in [0.717, 1.165) is 18.5 Å². The second kappa shape index (κ2) is 2.71. The lowest BCUT2D eigenvalue weighted by Crippen LogP contribution is -1.91. The van der Waals surface area contributed by atoms with Crippen molar-refractivity contribution < 1.29 is 0 Å². The predicted octanol–water partition coefficient (Wildman–Crippen LogP) is 3.12. The number of aliphatic imine (C=N–C) groups is 1. The molecule has 0 unspecified atom stereocenters. The molecule has 0 amide bonds. The molecule has 2 aromatic rings. The molecule has 0 fully saturated rings. The lowest BCUT2D eigenvalue weighted by molar-refractivity contribution is 0.987. The Hall–Kier alpha value is -1.57. The van der Waals surface area contributed by atoms with Gasteiger partial charge in [0.1, 0.15) is 0 Å². The monoisotopic (exact) mass is 184 g/mol. The van der Waals surface area contributed by atoms with Crippen molar-refractivity contribution >= 4 is 22.8 Å². The van der Waals surface area contributed by atoms with Crippen molar-refractivity contribution in [3.63, 3.8) is 0 Å². The van der Waals surface area contributed by atoms with Crippen LogP contribution in [0.3, 0.4) is 0 Å². The Morgan fingerprint density at radius 2 is 2.29 bits per heavy atom. The van der Waals surface area contributed by atoms with E-state index in [1.165, 1.54) is 22.2 Å². The van der Waals surface area contributed by atoms with Gasteiger partial charge in [-0.15, -0.1) is 0 Å². The van der Waals surface area contributed by atoms with Gasteiger partial charge in [0.25, 0.3) is 0 Å². The van der Waals surface area contributed by atoms with Crippen LogP contribution in [0.5, 0.6) is 0 Å². The Balaban J connectivity index is 2.39. The molecule has 0 aliphatic carbocycles. The summed E-state index contributed by atoms with van der Waals surface area (Å²) < 4.78 is 0. The summed E-state index contributed by atoms with van der Waals surface area (Å²) in [4.78, 5) is 7.90. The van der Waals surface area contributed by atoms with Crippen LogP contribution >= 0.6 is 0 Å². The smallest absolute Gasteiger partial charge is 0.0911 e. The SMILES string of the molecule is Cc1ccc2[nH]c3c(c2c1)N=CCC3. The zero-order chi connectivity index (χ0) is 9.54. The number of H-pyrrole nitrogens is 1. The molecule has 1 aromatic heterocycles. The van der Waals surface area contributed by atoms with E-state index >= 15 is 0 Å². The molecule has 1 N–H and O–H groups in total. The first kappa shape index (κ1) is 7.80. The van der Waals surface area contributed by atoms with Crippen molar-refractivity contribution in [2.75, 3.05) is 0 Å². The normalized spacial score (nSPS) is 14.6. The Kier molecular flexibility index (Phi) is 1.51. The van der Waals surface area contributed by atoms with Gasteiger partial charge in [0.15, 0.2) is 0 Å². The molecule has 0 atom stereocenters. The highest BCUT2D eigenvalue weighted by Crippen LogP contribution is 2.33. The van der Waals surface area contributed by atoms with E-state index in [4.69, 9.17) is 0 Å². The summed E-state index contributed by atoms with van der Waals surface area (Å²) in [6.45, 7) is 2.12. The van der Waals surface area contributed by atoms with E-state index < -0.39 is 0 Å². The van der Waals surface area contributed by atoms with Crippen molar-refractivity contribution in [3.05, 3.63) is 29.5 Å². The fraction of sp³-hybridized carbons (Fsp3) is 0.250. The first-order chi connectivity index (χ1) is 6.84. The summed E-state index contributed by atoms with van der Waals surface area (Å²) in [6.07, 6.45) is 4.16. The number of aryl methyl sites for hydroxylation is 2. The minimum Gasteiger partial charge on any atom is -0.357 e. The van der Waals surface area contributed by atoms with Crippen LogP contribution in [0.2, 0.25) is 0 Å². The van der Waals surface area contributed by atoms with E-state index in [-0.39, 0.29) is 0 Å². The van der Waals surface area contributed by atoms with Crippen molar-refractivity contribution in [3.8, 4) is 0 Å². The molecule has 2 nitrogen and oxygen atoms in total. The molecule has 0 radical (unpaired) electrons. The first-order valence-corrected chi connectivity index (χ1v) is 4.98. The Labute approximate surface area is 82.7 Å². The van der Waals surface area contributed by atoms with Crippen LogP contribution in [-0.2, 0) is 6.42 Å². The second-order valence-corrected chi connectivity index (χ2v) is 3.85. The topological polar surface area (TPSA) is 28.1 Å². The largest absolute Gasteiger partial charge is 0.357 e. The number of nitrogens with one attached hydrogen (secondary N) is 1. The van der Waals surface area contributed by atoms with Gasteiger partial charge in [0, 0.05) is 22.8 Å². The fourth-order valence-electron chi connectivity index (χ4n) is 2.04. The summed E-state index contributed by atoms with van der Waals surface area (Å²) in [5.41, 5.74) is 4.93. The molecule has 1 aliphatic rings. The second-order valence-electron chi connectivity index (χ2n) is 3.85. The number of rotatable bonds is 0. The van der Waals surface area contributed by atoms with Crippen LogP contribution < -0.4 is 0 Å². The minimum atomic E-state index is 1.05. The van der Waals surface area contributed by atoms with Gasteiger partial charge in [-0.3, -0.25) is 4.99 Å². The Bertz CT molecular complexity index is 520. The van der Waals surface area contributed by atoms with E-state index in [1.54, 1.807) is 0 Å². The van der Waals surface area contributed by atoms with Gasteiger partial charge in [0.05, 0.1) is 5.69 Å². The number of hydrogen-bond acceptors (Lipinski definition) is 1. The van der Waals surface area contributed by atoms with Gasteiger partial charge in [-0.05, 0) is 31.9 Å². The summed E-state index contributed by atoms with van der Waals surface area (Å²) in [7, 11) is 0. The van der Waals surface area contributed by atoms with Crippen LogP contribution in [0.4, 0.5) is 5.69 Å². The van der Waals surface area contributed by atoms with Crippen LogP contribution in [0.15, 0.2) is 23.2 Å². The molecule has 14 heavy (non-hydrogen) atoms. The maximum absolute atomic E-state index is 4.47. The Morgan fingerprint density at radius 1 is 1.36 bits per heavy atom. The molecule has 0 spiro atoms. The summed E-state index contributed by atoms with van der Waals surface area (Å²) in [5, 5.41) is 1.26. The molecular weight excluding hydrogens is 172 g/mol. The number of nitrogens with zero attached hydrogens (tertiary/aromatic N) is 1. The molecule has 2 heterocycles. The molecule has 70 valence electrons. The van der Waals surface area contributed by atoms with Gasteiger partial charge in [0.2, 0.25) is 0 Å². The summed E-state index contributed by atoms with van der Waals surface area (Å²) in [6, 6.07) is 6.47. The zero-order valence-electron chi connectivity index (χ0n) is 8.17. The van der Waals surface area contributed by atoms with Crippen molar-refractivity contribution in [1.29, 1.82) is 0 Å². The molecule has 0 bridgehead atoms. The lowest BCUT2D eigenvalue weighted by Gasteiger charge is -2.02. The van der Waals surface area contributed by atoms with E-state index in [1.807, 2.05) is 6.21 Å². The number of hydrogen-bond donors (Lipinski definition) is 1. The standard InChI is InChI=1S/C12H12N2/c1-8-4-5-10-9(7-8)12-11(14-10)3-2-6-13-12/h4-7,14H,2-3H2,1H3. The van der Waals surface area contributed by atoms with Gasteiger partial charge in [-0.1, -0.05) is 11.6 Å². The number of aromatic nitrogens is 1. The zero-order valence-corrected chi connectivity index (χ0v) is 8.17. The maximum atomic E-state index is 4.47. The van der Waals surface area contributed by atoms with Gasteiger partial charge in [-0.25, -0.2) is 0 Å². The van der Waals surface area contributed by atoms with Gasteiger partial charge < -0.3 is 4.98 Å². The maximum Gasteiger partial charge on any atom is 0.0911 e. The van der Waals surface area contributed by atoms with Crippen molar-refractivity contribution in [2.24, 2.45) is 4.99 Å². The summed E-state index contributed by atoms with van der Waals surface area (Å²) in [5.74, 6) is 0. The average molecular weight is 184 g/mol. The Morgan fingerprint density at radius 3 is 3.21 bits per heavy atom. The van der Waals surface area contributed by atoms with Crippen LogP contribution in [0.1, 0.15) is 17.7 Å². The number of aromatic amines is 1. The highest BCUT2D eigenvalue weighted by molar-refractivity contribution is 5.95. The molecule has 1 aromatic carbocycles. The van der Waals surface area contributed by atoms with Crippen molar-refractivity contribution in [2.45, 2.75) is 19.8 Å². The van der Waals surface area contributed by atoms with E-state index in [0.29, 0.717) is 0 Å². The quantitative estimate of drug-likeness (QED) is 0.651. The van der Waals surface area contributed by atoms with E-state index in [2.05, 4.69) is 35.1 Å². The molecule has 0 saturated heterocycles. The van der Waals surface area contributed by atoms with Gasteiger partial charge >= 0.3 is 0 Å². The molecule has 2 heteroatoms. The molecule has 3 rings (SSSR count). The molecular formula is C12H12N2. The van der Waals surface area contributed by atoms with Crippen LogP contribution in [0.25, 0.3) is 10.9 Å². The highest BCUT2D eigenvalue weighted by atomic mass is 14.8.